The van der Waals surface area contributed by atoms with E-state index in [1.165, 1.54) is 0 Å². The van der Waals surface area contributed by atoms with Gasteiger partial charge < -0.3 is 24.6 Å². The maximum atomic E-state index is 13.5. The van der Waals surface area contributed by atoms with E-state index in [2.05, 4.69) is 5.32 Å². The second kappa shape index (κ2) is 9.43. The number of hydrogen-bond donors (Lipinski definition) is 2. The molecule has 1 aliphatic heterocycles. The molecule has 2 N–H and O–H groups in total. The van der Waals surface area contributed by atoms with Crippen LogP contribution in [-0.4, -0.2) is 42.6 Å². The van der Waals surface area contributed by atoms with E-state index in [9.17, 15) is 14.4 Å². The summed E-state index contributed by atoms with van der Waals surface area (Å²) in [6.07, 6.45) is 0. The zero-order valence-corrected chi connectivity index (χ0v) is 19.1. The number of dihydropyridines is 1. The van der Waals surface area contributed by atoms with E-state index in [-0.39, 0.29) is 18.1 Å². The second-order valence-electron chi connectivity index (χ2n) is 7.80. The minimum absolute atomic E-state index is 0.165. The molecule has 1 heterocycles. The highest BCUT2D eigenvalue weighted by Crippen LogP contribution is 2.48. The van der Waals surface area contributed by atoms with Crippen LogP contribution >= 0.6 is 0 Å². The Labute approximate surface area is 196 Å². The highest BCUT2D eigenvalue weighted by atomic mass is 16.5. The number of carboxylic acids is 1. The molecule has 0 saturated carbocycles. The zero-order valence-electron chi connectivity index (χ0n) is 19.1. The summed E-state index contributed by atoms with van der Waals surface area (Å²) in [4.78, 5) is 37.5. The van der Waals surface area contributed by atoms with Crippen molar-refractivity contribution in [1.82, 2.24) is 5.32 Å². The zero-order chi connectivity index (χ0) is 24.4. The lowest BCUT2D eigenvalue weighted by atomic mass is 9.79. The van der Waals surface area contributed by atoms with Crippen LogP contribution in [0.2, 0.25) is 0 Å². The topological polar surface area (TPSA) is 111 Å². The Hall–Kier alpha value is -4.07. The first-order valence-electron chi connectivity index (χ1n) is 11.0. The number of esters is 1. The van der Waals surface area contributed by atoms with Crippen LogP contribution in [-0.2, 0) is 14.3 Å². The highest BCUT2D eigenvalue weighted by molar-refractivity contribution is 6.23. The summed E-state index contributed by atoms with van der Waals surface area (Å²) in [5.74, 6) is -1.92. The number of ether oxygens (including phenoxy) is 3. The van der Waals surface area contributed by atoms with Crippen molar-refractivity contribution in [3.05, 3.63) is 76.0 Å². The number of fused-ring (bicyclic) bond motifs is 2. The molecule has 8 nitrogen and oxygen atoms in total. The lowest BCUT2D eigenvalue weighted by Gasteiger charge is -2.29. The molecule has 1 aliphatic carbocycles. The number of carbonyl (C=O) groups is 3. The number of hydrogen-bond acceptors (Lipinski definition) is 7. The molecule has 4 rings (SSSR count). The summed E-state index contributed by atoms with van der Waals surface area (Å²) < 4.78 is 16.4. The average Bonchev–Trinajstić information content (AvgIpc) is 3.09. The molecule has 0 fully saturated rings. The normalized spacial score (nSPS) is 16.6. The third-order valence-electron chi connectivity index (χ3n) is 5.70. The largest absolute Gasteiger partial charge is 0.490 e. The van der Waals surface area contributed by atoms with Crippen molar-refractivity contribution >= 4 is 23.4 Å². The summed E-state index contributed by atoms with van der Waals surface area (Å²) in [6.45, 7) is 5.28. The predicted octanol–water partition coefficient (Wildman–Crippen LogP) is 3.68. The van der Waals surface area contributed by atoms with Gasteiger partial charge in [0.05, 0.1) is 24.5 Å². The van der Waals surface area contributed by atoms with Gasteiger partial charge in [-0.25, -0.2) is 9.59 Å². The van der Waals surface area contributed by atoms with Gasteiger partial charge in [0.15, 0.2) is 23.9 Å². The monoisotopic (exact) mass is 463 g/mol. The predicted molar refractivity (Wildman–Crippen MR) is 124 cm³/mol. The summed E-state index contributed by atoms with van der Waals surface area (Å²) in [5.41, 5.74) is 4.02. The number of carbonyl (C=O) groups excluding carboxylic acids is 2. The molecule has 0 aromatic heterocycles. The van der Waals surface area contributed by atoms with Crippen LogP contribution in [0.15, 0.2) is 59.3 Å². The van der Waals surface area contributed by atoms with Crippen molar-refractivity contribution in [2.24, 2.45) is 0 Å². The Bertz CT molecular complexity index is 1240. The molecule has 2 aromatic rings. The molecule has 0 unspecified atom stereocenters. The number of benzene rings is 2. The van der Waals surface area contributed by atoms with E-state index in [0.29, 0.717) is 46.0 Å². The van der Waals surface area contributed by atoms with Crippen molar-refractivity contribution in [2.75, 3.05) is 19.8 Å². The molecular formula is C26H25NO7. The number of ketones is 1. The summed E-state index contributed by atoms with van der Waals surface area (Å²) in [6, 6.07) is 12.3. The van der Waals surface area contributed by atoms with Crippen LogP contribution < -0.4 is 14.8 Å². The smallest absolute Gasteiger partial charge is 0.341 e. The standard InChI is InChI=1S/C26H25NO7/c1-4-32-19-12-15(10-11-18(19)34-13-20(28)29)22-21(26(31)33-5-2)14(3)27-24-16-8-6-7-9-17(16)25(30)23(22)24/h6-12,22,27H,4-5,13H2,1-3H3,(H,28,29)/t22-/m0/s1. The molecule has 0 saturated heterocycles. The van der Waals surface area contributed by atoms with E-state index >= 15 is 0 Å². The van der Waals surface area contributed by atoms with Gasteiger partial charge in [0.25, 0.3) is 0 Å². The number of aliphatic carboxylic acids is 1. The van der Waals surface area contributed by atoms with Crippen LogP contribution in [0.1, 0.15) is 48.2 Å². The molecular weight excluding hydrogens is 438 g/mol. The van der Waals surface area contributed by atoms with Crippen LogP contribution in [0.25, 0.3) is 5.70 Å². The van der Waals surface area contributed by atoms with E-state index in [1.807, 2.05) is 12.1 Å². The third kappa shape index (κ3) is 4.03. The molecule has 2 aliphatic rings. The van der Waals surface area contributed by atoms with E-state index in [1.54, 1.807) is 51.1 Å². The Kier molecular flexibility index (Phi) is 6.40. The van der Waals surface area contributed by atoms with Gasteiger partial charge in [-0.2, -0.15) is 0 Å². The number of rotatable bonds is 8. The van der Waals surface area contributed by atoms with Gasteiger partial charge in [0, 0.05) is 28.3 Å². The van der Waals surface area contributed by atoms with E-state index < -0.39 is 24.5 Å². The molecule has 34 heavy (non-hydrogen) atoms. The molecule has 176 valence electrons. The summed E-state index contributed by atoms with van der Waals surface area (Å²) in [5, 5.41) is 12.2. The maximum absolute atomic E-state index is 13.5. The lowest BCUT2D eigenvalue weighted by Crippen LogP contribution is -2.29. The SMILES string of the molecule is CCOC(=O)C1=C(C)NC2=C(C(=O)c3ccccc32)[C@H]1c1ccc(OCC(=O)O)c(OCC)c1. The number of carboxylic acid groups (broad SMARTS) is 1. The van der Waals surface area contributed by atoms with Crippen LogP contribution in [0.4, 0.5) is 0 Å². The average molecular weight is 463 g/mol. The van der Waals surface area contributed by atoms with Gasteiger partial charge >= 0.3 is 11.9 Å². The molecule has 0 amide bonds. The Balaban J connectivity index is 1.87. The van der Waals surface area contributed by atoms with Crippen molar-refractivity contribution in [3.8, 4) is 11.5 Å². The van der Waals surface area contributed by atoms with E-state index in [4.69, 9.17) is 19.3 Å². The first-order chi connectivity index (χ1) is 16.4. The Morgan fingerprint density at radius 3 is 2.41 bits per heavy atom. The number of nitrogens with one attached hydrogen (secondary N) is 1. The number of Topliss-reactive ketones (excluding diaryl/α,β-unsaturated/α-hetero) is 1. The Morgan fingerprint density at radius 2 is 1.74 bits per heavy atom. The molecule has 0 radical (unpaired) electrons. The van der Waals surface area contributed by atoms with Gasteiger partial charge in [-0.05, 0) is 38.5 Å². The Morgan fingerprint density at radius 1 is 1.00 bits per heavy atom. The van der Waals surface area contributed by atoms with Crippen molar-refractivity contribution < 1.29 is 33.7 Å². The molecule has 0 spiro atoms. The van der Waals surface area contributed by atoms with Gasteiger partial charge in [0.2, 0.25) is 0 Å². The van der Waals surface area contributed by atoms with Crippen LogP contribution in [0, 0.1) is 0 Å². The van der Waals surface area contributed by atoms with Crippen LogP contribution in [0.3, 0.4) is 0 Å². The van der Waals surface area contributed by atoms with Gasteiger partial charge in [-0.15, -0.1) is 0 Å². The summed E-state index contributed by atoms with van der Waals surface area (Å²) >= 11 is 0. The second-order valence-corrected chi connectivity index (χ2v) is 7.80. The third-order valence-corrected chi connectivity index (χ3v) is 5.70. The molecule has 1 atom stereocenters. The van der Waals surface area contributed by atoms with Crippen molar-refractivity contribution in [3.63, 3.8) is 0 Å². The van der Waals surface area contributed by atoms with Gasteiger partial charge in [-0.3, -0.25) is 4.79 Å². The lowest BCUT2D eigenvalue weighted by molar-refractivity contribution is -0.140. The molecule has 0 bridgehead atoms. The van der Waals surface area contributed by atoms with E-state index in [0.717, 1.165) is 5.56 Å². The summed E-state index contributed by atoms with van der Waals surface area (Å²) in [7, 11) is 0. The highest BCUT2D eigenvalue weighted by Gasteiger charge is 2.43. The molecule has 8 heteroatoms. The minimum Gasteiger partial charge on any atom is -0.490 e. The van der Waals surface area contributed by atoms with Gasteiger partial charge in [0.1, 0.15) is 0 Å². The first-order valence-corrected chi connectivity index (χ1v) is 11.0. The molecule has 2 aromatic carbocycles. The fraction of sp³-hybridized carbons (Fsp3) is 0.269. The van der Waals surface area contributed by atoms with Crippen LogP contribution in [0.5, 0.6) is 11.5 Å². The minimum atomic E-state index is -1.11. The van der Waals surface area contributed by atoms with Gasteiger partial charge in [-0.1, -0.05) is 30.3 Å². The fourth-order valence-electron chi connectivity index (χ4n) is 4.37. The quantitative estimate of drug-likeness (QED) is 0.571. The fourth-order valence-corrected chi connectivity index (χ4v) is 4.37. The maximum Gasteiger partial charge on any atom is 0.341 e. The number of allylic oxidation sites excluding steroid dienone is 2. The first kappa shape index (κ1) is 23.1. The van der Waals surface area contributed by atoms with Crippen molar-refractivity contribution in [1.29, 1.82) is 0 Å². The van der Waals surface area contributed by atoms with Crippen molar-refractivity contribution in [2.45, 2.75) is 26.7 Å².